The van der Waals surface area contributed by atoms with Gasteiger partial charge in [0.25, 0.3) is 0 Å². The number of nitrogens with two attached hydrogens (primary N) is 1. The summed E-state index contributed by atoms with van der Waals surface area (Å²) in [5.41, 5.74) is 5.80. The molecular weight excluding hydrogens is 333 g/mol. The first-order chi connectivity index (χ1) is 9.79. The minimum absolute atomic E-state index is 0.0378. The van der Waals surface area contributed by atoms with Gasteiger partial charge in [0.15, 0.2) is 0 Å². The first kappa shape index (κ1) is 16.8. The Labute approximate surface area is 135 Å². The third-order valence-corrected chi connectivity index (χ3v) is 5.87. The van der Waals surface area contributed by atoms with Crippen molar-refractivity contribution < 1.29 is 8.42 Å². The van der Waals surface area contributed by atoms with Crippen molar-refractivity contribution in [3.63, 3.8) is 0 Å². The predicted molar refractivity (Wildman–Crippen MR) is 86.3 cm³/mol. The van der Waals surface area contributed by atoms with Gasteiger partial charge in [0.1, 0.15) is 4.90 Å². The molecule has 1 saturated heterocycles. The molecule has 0 radical (unpaired) electrons. The Morgan fingerprint density at radius 1 is 1.33 bits per heavy atom. The van der Waals surface area contributed by atoms with E-state index in [1.807, 2.05) is 0 Å². The van der Waals surface area contributed by atoms with Gasteiger partial charge >= 0.3 is 0 Å². The summed E-state index contributed by atoms with van der Waals surface area (Å²) in [6.07, 6.45) is 1.95. The average molecular weight is 352 g/mol. The molecule has 8 heteroatoms. The maximum atomic E-state index is 12.4. The fraction of sp³-hybridized carbons (Fsp3) is 0.538. The standard InChI is InChI=1S/C13H19Cl2N3O2S/c1-18-4-2-9(3-5-18)8-17-21(19,20)13-11(15)6-10(14)7-12(13)16/h6-7,9,17H,2-5,8,16H2,1H3. The van der Waals surface area contributed by atoms with Gasteiger partial charge in [0, 0.05) is 11.6 Å². The quantitative estimate of drug-likeness (QED) is 0.815. The minimum Gasteiger partial charge on any atom is -0.398 e. The molecule has 0 aliphatic carbocycles. The zero-order valence-corrected chi connectivity index (χ0v) is 14.1. The van der Waals surface area contributed by atoms with Crippen LogP contribution in [0.3, 0.4) is 0 Å². The number of piperidine rings is 1. The Bertz CT molecular complexity index is 591. The molecule has 1 aliphatic rings. The molecule has 1 fully saturated rings. The average Bonchev–Trinajstić information content (AvgIpc) is 2.36. The summed E-state index contributed by atoms with van der Waals surface area (Å²) in [5, 5.41) is 0.350. The van der Waals surface area contributed by atoms with E-state index in [0.29, 0.717) is 17.5 Å². The first-order valence-electron chi connectivity index (χ1n) is 6.72. The highest BCUT2D eigenvalue weighted by Gasteiger charge is 2.24. The van der Waals surface area contributed by atoms with Crippen molar-refractivity contribution in [3.05, 3.63) is 22.2 Å². The van der Waals surface area contributed by atoms with E-state index in [-0.39, 0.29) is 15.6 Å². The lowest BCUT2D eigenvalue weighted by Gasteiger charge is -2.29. The number of sulfonamides is 1. The molecule has 0 saturated carbocycles. The lowest BCUT2D eigenvalue weighted by atomic mass is 9.98. The summed E-state index contributed by atoms with van der Waals surface area (Å²) in [5.74, 6) is 0.336. The zero-order chi connectivity index (χ0) is 15.6. The van der Waals surface area contributed by atoms with Crippen LogP contribution in [0, 0.1) is 5.92 Å². The molecule has 0 amide bonds. The molecule has 1 aromatic carbocycles. The van der Waals surface area contributed by atoms with Crippen LogP contribution < -0.4 is 10.5 Å². The number of likely N-dealkylation sites (tertiary alicyclic amines) is 1. The number of nitrogen functional groups attached to an aromatic ring is 1. The van der Waals surface area contributed by atoms with Gasteiger partial charge in [-0.1, -0.05) is 23.2 Å². The predicted octanol–water partition coefficient (Wildman–Crippen LogP) is 2.20. The molecule has 1 heterocycles. The Morgan fingerprint density at radius 2 is 1.95 bits per heavy atom. The second-order valence-corrected chi connectivity index (χ2v) is 7.95. The largest absolute Gasteiger partial charge is 0.398 e. The topological polar surface area (TPSA) is 75.4 Å². The van der Waals surface area contributed by atoms with Gasteiger partial charge in [0.05, 0.1) is 10.7 Å². The van der Waals surface area contributed by atoms with Gasteiger partial charge < -0.3 is 10.6 Å². The van der Waals surface area contributed by atoms with Crippen molar-refractivity contribution in [2.75, 3.05) is 32.4 Å². The highest BCUT2D eigenvalue weighted by Crippen LogP contribution is 2.31. The van der Waals surface area contributed by atoms with Crippen LogP contribution in [0.15, 0.2) is 17.0 Å². The molecule has 0 aromatic heterocycles. The van der Waals surface area contributed by atoms with Crippen LogP contribution in [0.2, 0.25) is 10.0 Å². The molecule has 1 aromatic rings. The summed E-state index contributed by atoms with van der Waals surface area (Å²) < 4.78 is 27.3. The lowest BCUT2D eigenvalue weighted by Crippen LogP contribution is -2.37. The number of benzene rings is 1. The number of hydrogen-bond acceptors (Lipinski definition) is 4. The van der Waals surface area contributed by atoms with Crippen LogP contribution in [-0.4, -0.2) is 40.0 Å². The van der Waals surface area contributed by atoms with Crippen LogP contribution in [-0.2, 0) is 10.0 Å². The van der Waals surface area contributed by atoms with Crippen LogP contribution >= 0.6 is 23.2 Å². The van der Waals surface area contributed by atoms with Crippen molar-refractivity contribution in [2.24, 2.45) is 5.92 Å². The molecular formula is C13H19Cl2N3O2S. The van der Waals surface area contributed by atoms with Crippen molar-refractivity contribution >= 4 is 38.9 Å². The molecule has 2 rings (SSSR count). The maximum Gasteiger partial charge on any atom is 0.244 e. The number of halogens is 2. The highest BCUT2D eigenvalue weighted by molar-refractivity contribution is 7.89. The van der Waals surface area contributed by atoms with Crippen LogP contribution in [0.5, 0.6) is 0 Å². The second-order valence-electron chi connectivity index (χ2n) is 5.40. The van der Waals surface area contributed by atoms with Gasteiger partial charge in [0.2, 0.25) is 10.0 Å². The van der Waals surface area contributed by atoms with Crippen LogP contribution in [0.4, 0.5) is 5.69 Å². The molecule has 1 aliphatic heterocycles. The number of rotatable bonds is 4. The van der Waals surface area contributed by atoms with Crippen molar-refractivity contribution in [2.45, 2.75) is 17.7 Å². The molecule has 5 nitrogen and oxygen atoms in total. The molecule has 21 heavy (non-hydrogen) atoms. The number of nitrogens with zero attached hydrogens (tertiary/aromatic N) is 1. The maximum absolute atomic E-state index is 12.4. The van der Waals surface area contributed by atoms with E-state index < -0.39 is 10.0 Å². The van der Waals surface area contributed by atoms with E-state index >= 15 is 0 Å². The van der Waals surface area contributed by atoms with Crippen molar-refractivity contribution in [1.29, 1.82) is 0 Å². The lowest BCUT2D eigenvalue weighted by molar-refractivity contribution is 0.220. The summed E-state index contributed by atoms with van der Waals surface area (Å²) in [4.78, 5) is 2.14. The summed E-state index contributed by atoms with van der Waals surface area (Å²) in [6.45, 7) is 2.36. The van der Waals surface area contributed by atoms with Crippen molar-refractivity contribution in [3.8, 4) is 0 Å². The fourth-order valence-electron chi connectivity index (χ4n) is 2.43. The molecule has 0 bridgehead atoms. The van der Waals surface area contributed by atoms with Gasteiger partial charge in [-0.2, -0.15) is 0 Å². The van der Waals surface area contributed by atoms with Crippen LogP contribution in [0.25, 0.3) is 0 Å². The summed E-state index contributed by atoms with van der Waals surface area (Å²) >= 11 is 11.8. The normalized spacial score (nSPS) is 18.0. The number of nitrogens with one attached hydrogen (secondary N) is 1. The van der Waals surface area contributed by atoms with E-state index in [1.54, 1.807) is 0 Å². The van der Waals surface area contributed by atoms with E-state index in [1.165, 1.54) is 12.1 Å². The van der Waals surface area contributed by atoms with E-state index in [0.717, 1.165) is 25.9 Å². The SMILES string of the molecule is CN1CCC(CNS(=O)(=O)c2c(N)cc(Cl)cc2Cl)CC1. The minimum atomic E-state index is -3.73. The Morgan fingerprint density at radius 3 is 2.52 bits per heavy atom. The van der Waals surface area contributed by atoms with E-state index in [4.69, 9.17) is 28.9 Å². The first-order valence-corrected chi connectivity index (χ1v) is 8.96. The van der Waals surface area contributed by atoms with Gasteiger partial charge in [-0.25, -0.2) is 13.1 Å². The molecule has 118 valence electrons. The van der Waals surface area contributed by atoms with Gasteiger partial charge in [-0.15, -0.1) is 0 Å². The summed E-state index contributed by atoms with van der Waals surface area (Å²) in [6, 6.07) is 2.77. The third kappa shape index (κ3) is 4.23. The number of hydrogen-bond donors (Lipinski definition) is 2. The molecule has 0 spiro atoms. The Balaban J connectivity index is 2.09. The highest BCUT2D eigenvalue weighted by atomic mass is 35.5. The monoisotopic (exact) mass is 351 g/mol. The smallest absolute Gasteiger partial charge is 0.244 e. The molecule has 0 unspecified atom stereocenters. The molecule has 0 atom stereocenters. The van der Waals surface area contributed by atoms with E-state index in [2.05, 4.69) is 16.7 Å². The van der Waals surface area contributed by atoms with E-state index in [9.17, 15) is 8.42 Å². The second kappa shape index (κ2) is 6.71. The van der Waals surface area contributed by atoms with Gasteiger partial charge in [-0.3, -0.25) is 0 Å². The van der Waals surface area contributed by atoms with Crippen LogP contribution in [0.1, 0.15) is 12.8 Å². The zero-order valence-electron chi connectivity index (χ0n) is 11.8. The fourth-order valence-corrected chi connectivity index (χ4v) is 4.53. The third-order valence-electron chi connectivity index (χ3n) is 3.71. The molecule has 3 N–H and O–H groups in total. The van der Waals surface area contributed by atoms with Crippen molar-refractivity contribution in [1.82, 2.24) is 9.62 Å². The van der Waals surface area contributed by atoms with Gasteiger partial charge in [-0.05, 0) is 51.0 Å². The Kier molecular flexibility index (Phi) is 5.38. The summed E-state index contributed by atoms with van der Waals surface area (Å²) in [7, 11) is -1.67. The number of anilines is 1. The Hall–Kier alpha value is -0.530.